The lowest BCUT2D eigenvalue weighted by Gasteiger charge is -2.30. The van der Waals surface area contributed by atoms with Crippen LogP contribution in [0.25, 0.3) is 5.70 Å². The van der Waals surface area contributed by atoms with Gasteiger partial charge in [-0.2, -0.15) is 0 Å². The van der Waals surface area contributed by atoms with Crippen LogP contribution in [0.3, 0.4) is 0 Å². The summed E-state index contributed by atoms with van der Waals surface area (Å²) in [6.07, 6.45) is 8.38. The standard InChI is InChI=1S/C17H27N5O3.C7H12O2/c1-11-15(23)8-7-13(20-11)16(18)14(22(3)19)10-25-17(24)21(2)9-12-5-4-6-12;8-7(9)6-4-2-1-3-5-6/h7-8,12,23H,4-6,9-10,18-19H2,1-3H3;6H,1-5H2,(H,8,9)/b16-14-;. The molecule has 2 fully saturated rings. The van der Waals surface area contributed by atoms with E-state index in [2.05, 4.69) is 4.98 Å². The highest BCUT2D eigenvalue weighted by Crippen LogP contribution is 2.27. The molecular weight excluding hydrogens is 438 g/mol. The molecule has 10 heteroatoms. The Morgan fingerprint density at radius 3 is 2.24 bits per heavy atom. The molecule has 1 heterocycles. The van der Waals surface area contributed by atoms with E-state index in [1.54, 1.807) is 32.0 Å². The minimum atomic E-state index is -0.602. The van der Waals surface area contributed by atoms with Gasteiger partial charge in [0.25, 0.3) is 0 Å². The normalized spacial score (nSPS) is 16.9. The molecule has 0 aromatic carbocycles. The van der Waals surface area contributed by atoms with Crippen molar-refractivity contribution in [2.75, 3.05) is 27.2 Å². The molecule has 6 N–H and O–H groups in total. The first-order chi connectivity index (χ1) is 16.1. The molecule has 0 saturated heterocycles. The first-order valence-corrected chi connectivity index (χ1v) is 11.8. The van der Waals surface area contributed by atoms with E-state index in [1.165, 1.54) is 23.9 Å². The Morgan fingerprint density at radius 1 is 1.12 bits per heavy atom. The quantitative estimate of drug-likeness (QED) is 0.342. The molecule has 3 rings (SSSR count). The van der Waals surface area contributed by atoms with Crippen LogP contribution in [0.2, 0.25) is 0 Å². The van der Waals surface area contributed by atoms with Gasteiger partial charge in [0.2, 0.25) is 0 Å². The summed E-state index contributed by atoms with van der Waals surface area (Å²) in [5.74, 6) is 5.85. The van der Waals surface area contributed by atoms with Gasteiger partial charge >= 0.3 is 12.1 Å². The topological polar surface area (TPSA) is 155 Å². The summed E-state index contributed by atoms with van der Waals surface area (Å²) in [7, 11) is 3.34. The third-order valence-electron chi connectivity index (χ3n) is 6.43. The summed E-state index contributed by atoms with van der Waals surface area (Å²) in [6, 6.07) is 3.10. The number of likely N-dealkylation sites (N-methyl/N-ethyl adjacent to an activating group) is 1. The van der Waals surface area contributed by atoms with Gasteiger partial charge in [0.05, 0.1) is 28.7 Å². The Morgan fingerprint density at radius 2 is 1.76 bits per heavy atom. The zero-order valence-electron chi connectivity index (χ0n) is 20.5. The zero-order valence-corrected chi connectivity index (χ0v) is 20.5. The summed E-state index contributed by atoms with van der Waals surface area (Å²) >= 11 is 0. The number of amides is 1. The Kier molecular flexibility index (Phi) is 10.4. The van der Waals surface area contributed by atoms with Crippen LogP contribution in [0.5, 0.6) is 5.75 Å². The number of carbonyl (C=O) groups is 2. The molecular formula is C24H39N5O5. The Labute approximate surface area is 201 Å². The number of rotatable bonds is 7. The Hall–Kier alpha value is -3.01. The van der Waals surface area contributed by atoms with Gasteiger partial charge in [0, 0.05) is 20.6 Å². The zero-order chi connectivity index (χ0) is 25.3. The molecule has 0 bridgehead atoms. The van der Waals surface area contributed by atoms with Gasteiger partial charge in [-0.05, 0) is 50.7 Å². The fourth-order valence-corrected chi connectivity index (χ4v) is 3.95. The summed E-state index contributed by atoms with van der Waals surface area (Å²) < 4.78 is 5.34. The van der Waals surface area contributed by atoms with Crippen molar-refractivity contribution >= 4 is 17.8 Å². The third-order valence-corrected chi connectivity index (χ3v) is 6.43. The molecule has 190 valence electrons. The van der Waals surface area contributed by atoms with E-state index < -0.39 is 12.1 Å². The predicted octanol–water partition coefficient (Wildman–Crippen LogP) is 3.05. The van der Waals surface area contributed by atoms with E-state index in [-0.39, 0.29) is 18.3 Å². The van der Waals surface area contributed by atoms with Crippen LogP contribution < -0.4 is 11.6 Å². The van der Waals surface area contributed by atoms with E-state index in [1.807, 2.05) is 0 Å². The summed E-state index contributed by atoms with van der Waals surface area (Å²) in [4.78, 5) is 28.3. The Balaban J connectivity index is 0.000000379. The summed E-state index contributed by atoms with van der Waals surface area (Å²) in [5.41, 5.74) is 7.78. The largest absolute Gasteiger partial charge is 0.506 e. The number of nitrogens with zero attached hydrogens (tertiary/aromatic N) is 3. The summed E-state index contributed by atoms with van der Waals surface area (Å²) in [6.45, 7) is 2.31. The monoisotopic (exact) mass is 477 g/mol. The SMILES string of the molecule is Cc1nc(/C(N)=C(\COC(=O)N(C)CC2CCC2)N(C)N)ccc1O.O=C(O)C1CCCCC1. The minimum Gasteiger partial charge on any atom is -0.506 e. The van der Waals surface area contributed by atoms with Crippen molar-refractivity contribution in [2.45, 2.75) is 58.3 Å². The van der Waals surface area contributed by atoms with Crippen LogP contribution in [0, 0.1) is 18.8 Å². The first kappa shape index (κ1) is 27.2. The van der Waals surface area contributed by atoms with Crippen LogP contribution in [0.4, 0.5) is 4.79 Å². The highest BCUT2D eigenvalue weighted by atomic mass is 16.6. The van der Waals surface area contributed by atoms with Crippen LogP contribution in [-0.4, -0.2) is 64.4 Å². The van der Waals surface area contributed by atoms with Gasteiger partial charge < -0.3 is 30.6 Å². The van der Waals surface area contributed by atoms with Crippen LogP contribution >= 0.6 is 0 Å². The second kappa shape index (κ2) is 13.0. The predicted molar refractivity (Wildman–Crippen MR) is 129 cm³/mol. The molecule has 0 atom stereocenters. The van der Waals surface area contributed by atoms with Gasteiger partial charge in [0.1, 0.15) is 12.4 Å². The number of aromatic hydroxyl groups is 1. The molecule has 2 aliphatic carbocycles. The molecule has 2 saturated carbocycles. The van der Waals surface area contributed by atoms with E-state index in [0.717, 1.165) is 38.5 Å². The molecule has 0 spiro atoms. The van der Waals surface area contributed by atoms with Crippen molar-refractivity contribution < 1.29 is 24.5 Å². The maximum Gasteiger partial charge on any atom is 0.409 e. The van der Waals surface area contributed by atoms with Crippen molar-refractivity contribution in [3.05, 3.63) is 29.2 Å². The van der Waals surface area contributed by atoms with Crippen molar-refractivity contribution in [1.29, 1.82) is 0 Å². The number of pyridine rings is 1. The van der Waals surface area contributed by atoms with E-state index >= 15 is 0 Å². The molecule has 34 heavy (non-hydrogen) atoms. The van der Waals surface area contributed by atoms with E-state index in [4.69, 9.17) is 21.4 Å². The molecule has 10 nitrogen and oxygen atoms in total. The second-order valence-corrected chi connectivity index (χ2v) is 9.18. The smallest absolute Gasteiger partial charge is 0.409 e. The van der Waals surface area contributed by atoms with Gasteiger partial charge in [-0.25, -0.2) is 15.6 Å². The molecule has 1 aromatic heterocycles. The lowest BCUT2D eigenvalue weighted by molar-refractivity contribution is -0.142. The Bertz CT molecular complexity index is 863. The number of carboxylic acid groups (broad SMARTS) is 1. The number of nitrogens with two attached hydrogens (primary N) is 2. The number of carboxylic acids is 1. The van der Waals surface area contributed by atoms with Crippen LogP contribution in [0.1, 0.15) is 62.8 Å². The third kappa shape index (κ3) is 8.09. The highest BCUT2D eigenvalue weighted by molar-refractivity contribution is 5.70. The fraction of sp³-hybridized carbons (Fsp3) is 0.625. The molecule has 1 amide bonds. The minimum absolute atomic E-state index is 0.0289. The van der Waals surface area contributed by atoms with Crippen LogP contribution in [0.15, 0.2) is 17.8 Å². The van der Waals surface area contributed by atoms with Gasteiger partial charge in [0.15, 0.2) is 0 Å². The highest BCUT2D eigenvalue weighted by Gasteiger charge is 2.23. The number of aromatic nitrogens is 1. The van der Waals surface area contributed by atoms with E-state index in [0.29, 0.717) is 35.2 Å². The van der Waals surface area contributed by atoms with Crippen molar-refractivity contribution in [3.8, 4) is 5.75 Å². The van der Waals surface area contributed by atoms with Gasteiger partial charge in [-0.3, -0.25) is 4.79 Å². The number of hydrogen-bond donors (Lipinski definition) is 4. The molecule has 1 aromatic rings. The maximum atomic E-state index is 12.1. The van der Waals surface area contributed by atoms with Crippen LogP contribution in [-0.2, 0) is 9.53 Å². The van der Waals surface area contributed by atoms with Crippen molar-refractivity contribution in [3.63, 3.8) is 0 Å². The van der Waals surface area contributed by atoms with Gasteiger partial charge in [-0.1, -0.05) is 25.7 Å². The molecule has 0 radical (unpaired) electrons. The number of hydrogen-bond acceptors (Lipinski definition) is 8. The van der Waals surface area contributed by atoms with Crippen molar-refractivity contribution in [1.82, 2.24) is 14.9 Å². The molecule has 0 aliphatic heterocycles. The average molecular weight is 478 g/mol. The number of aryl methyl sites for hydroxylation is 1. The van der Waals surface area contributed by atoms with Gasteiger partial charge in [-0.15, -0.1) is 0 Å². The second-order valence-electron chi connectivity index (χ2n) is 9.18. The molecule has 0 unspecified atom stereocenters. The number of aliphatic carboxylic acids is 1. The molecule has 2 aliphatic rings. The number of ether oxygens (including phenoxy) is 1. The maximum absolute atomic E-state index is 12.1. The van der Waals surface area contributed by atoms with Crippen molar-refractivity contribution in [2.24, 2.45) is 23.4 Å². The van der Waals surface area contributed by atoms with E-state index in [9.17, 15) is 14.7 Å². The summed E-state index contributed by atoms with van der Waals surface area (Å²) in [5, 5.41) is 19.4. The fourth-order valence-electron chi connectivity index (χ4n) is 3.95. The lowest BCUT2D eigenvalue weighted by Crippen LogP contribution is -2.37. The number of carbonyl (C=O) groups excluding carboxylic acids is 1. The first-order valence-electron chi connectivity index (χ1n) is 11.8. The average Bonchev–Trinajstić information content (AvgIpc) is 2.78. The lowest BCUT2D eigenvalue weighted by atomic mass is 9.85. The number of hydrazine groups is 1.